The molecule has 0 fully saturated rings. The van der Waals surface area contributed by atoms with Crippen molar-refractivity contribution in [3.63, 3.8) is 0 Å². The van der Waals surface area contributed by atoms with Crippen LogP contribution >= 0.6 is 0 Å². The summed E-state index contributed by atoms with van der Waals surface area (Å²) in [5.41, 5.74) is 0. The molecule has 0 heterocycles. The molecule has 2 atom stereocenters. The highest BCUT2D eigenvalue weighted by Crippen LogP contribution is 2.15. The first kappa shape index (κ1) is 59.1. The Labute approximate surface area is 379 Å². The maximum atomic E-state index is 12.4. The van der Waals surface area contributed by atoms with E-state index in [0.717, 1.165) is 64.2 Å². The fraction of sp³-hybridized carbons (Fsp3) is 0.855. The van der Waals surface area contributed by atoms with Crippen molar-refractivity contribution in [2.24, 2.45) is 0 Å². The number of aliphatic hydroxyl groups excluding tert-OH is 2. The number of carbonyl (C=O) groups is 2. The van der Waals surface area contributed by atoms with Gasteiger partial charge in [0.2, 0.25) is 5.91 Å². The minimum atomic E-state index is -0.852. The number of hydrogen-bond acceptors (Lipinski definition) is 5. The van der Waals surface area contributed by atoms with E-state index >= 15 is 0 Å². The lowest BCUT2D eigenvalue weighted by atomic mass is 10.1. The van der Waals surface area contributed by atoms with Crippen molar-refractivity contribution < 1.29 is 24.5 Å². The minimum absolute atomic E-state index is 0.00650. The molecule has 0 aromatic heterocycles. The first-order valence-corrected chi connectivity index (χ1v) is 26.8. The van der Waals surface area contributed by atoms with E-state index in [1.807, 2.05) is 6.08 Å². The molecule has 0 aliphatic heterocycles. The van der Waals surface area contributed by atoms with Gasteiger partial charge in [-0.25, -0.2) is 0 Å². The van der Waals surface area contributed by atoms with Crippen molar-refractivity contribution >= 4 is 11.9 Å². The van der Waals surface area contributed by atoms with Gasteiger partial charge in [-0.3, -0.25) is 9.59 Å². The fourth-order valence-corrected chi connectivity index (χ4v) is 7.97. The molecule has 61 heavy (non-hydrogen) atoms. The molecule has 0 rings (SSSR count). The average molecular weight is 858 g/mol. The van der Waals surface area contributed by atoms with E-state index in [0.29, 0.717) is 19.4 Å². The van der Waals surface area contributed by atoms with Gasteiger partial charge in [-0.2, -0.15) is 0 Å². The van der Waals surface area contributed by atoms with E-state index in [2.05, 4.69) is 43.5 Å². The van der Waals surface area contributed by atoms with Crippen molar-refractivity contribution in [3.05, 3.63) is 36.5 Å². The Hall–Kier alpha value is -1.92. The van der Waals surface area contributed by atoms with Crippen LogP contribution in [0.15, 0.2) is 36.5 Å². The van der Waals surface area contributed by atoms with Crippen molar-refractivity contribution in [1.29, 1.82) is 0 Å². The predicted molar refractivity (Wildman–Crippen MR) is 264 cm³/mol. The number of ether oxygens (including phenoxy) is 1. The Morgan fingerprint density at radius 2 is 0.770 bits per heavy atom. The Morgan fingerprint density at radius 1 is 0.443 bits per heavy atom. The van der Waals surface area contributed by atoms with Crippen LogP contribution in [-0.4, -0.2) is 47.4 Å². The number of allylic oxidation sites excluding steroid dienone is 5. The molecule has 0 aliphatic rings. The molecule has 0 radical (unpaired) electrons. The van der Waals surface area contributed by atoms with Crippen LogP contribution in [0.2, 0.25) is 0 Å². The third-order valence-electron chi connectivity index (χ3n) is 12.1. The van der Waals surface area contributed by atoms with Gasteiger partial charge < -0.3 is 20.3 Å². The van der Waals surface area contributed by atoms with Gasteiger partial charge >= 0.3 is 5.97 Å². The van der Waals surface area contributed by atoms with Gasteiger partial charge in [0.25, 0.3) is 0 Å². The summed E-state index contributed by atoms with van der Waals surface area (Å²) in [5.74, 6) is -0.0910. The van der Waals surface area contributed by atoms with Crippen LogP contribution < -0.4 is 5.32 Å². The Kier molecular flexibility index (Phi) is 49.1. The third kappa shape index (κ3) is 47.4. The Morgan fingerprint density at radius 3 is 1.16 bits per heavy atom. The molecule has 0 spiro atoms. The van der Waals surface area contributed by atoms with Gasteiger partial charge in [-0.15, -0.1) is 0 Å². The smallest absolute Gasteiger partial charge is 0.305 e. The van der Waals surface area contributed by atoms with Crippen LogP contribution in [0.3, 0.4) is 0 Å². The molecule has 0 aliphatic carbocycles. The SMILES string of the molecule is CCCCCCCC/C=C\CCCCCCCC(=O)OCCCCCCCCCCC/C=C\CCCCCCCC(=O)NC(CO)C(O)/C=C/CCCCCCCCCCC. The maximum absolute atomic E-state index is 12.4. The summed E-state index contributed by atoms with van der Waals surface area (Å²) < 4.78 is 5.46. The van der Waals surface area contributed by atoms with E-state index in [-0.39, 0.29) is 18.5 Å². The summed E-state index contributed by atoms with van der Waals surface area (Å²) in [7, 11) is 0. The molecular weight excluding hydrogens is 755 g/mol. The summed E-state index contributed by atoms with van der Waals surface area (Å²) >= 11 is 0. The summed E-state index contributed by atoms with van der Waals surface area (Å²) in [6.45, 7) is 4.86. The van der Waals surface area contributed by atoms with Crippen molar-refractivity contribution in [2.75, 3.05) is 13.2 Å². The molecule has 0 saturated heterocycles. The lowest BCUT2D eigenvalue weighted by Gasteiger charge is -2.20. The molecule has 0 saturated carbocycles. The molecule has 0 bridgehead atoms. The first-order chi connectivity index (χ1) is 30.0. The van der Waals surface area contributed by atoms with Crippen LogP contribution in [0.25, 0.3) is 0 Å². The van der Waals surface area contributed by atoms with Gasteiger partial charge in [0.05, 0.1) is 25.4 Å². The van der Waals surface area contributed by atoms with Crippen LogP contribution in [0.5, 0.6) is 0 Å². The van der Waals surface area contributed by atoms with Crippen LogP contribution in [0, 0.1) is 0 Å². The number of rotatable bonds is 49. The second-order valence-electron chi connectivity index (χ2n) is 18.2. The second-order valence-corrected chi connectivity index (χ2v) is 18.2. The molecule has 6 nitrogen and oxygen atoms in total. The number of aliphatic hydroxyl groups is 2. The summed E-state index contributed by atoms with van der Waals surface area (Å²) in [5, 5.41) is 23.0. The lowest BCUT2D eigenvalue weighted by Crippen LogP contribution is -2.45. The van der Waals surface area contributed by atoms with Gasteiger partial charge in [0.1, 0.15) is 0 Å². The first-order valence-electron chi connectivity index (χ1n) is 26.8. The highest BCUT2D eigenvalue weighted by molar-refractivity contribution is 5.76. The second kappa shape index (κ2) is 50.7. The highest BCUT2D eigenvalue weighted by atomic mass is 16.5. The fourth-order valence-electron chi connectivity index (χ4n) is 7.97. The van der Waals surface area contributed by atoms with Gasteiger partial charge in [0.15, 0.2) is 0 Å². The normalized spacial score (nSPS) is 12.9. The number of carbonyl (C=O) groups excluding carboxylic acids is 2. The zero-order valence-corrected chi connectivity index (χ0v) is 40.6. The Bertz CT molecular complexity index is 993. The number of esters is 1. The number of unbranched alkanes of at least 4 members (excludes halogenated alkanes) is 34. The number of amides is 1. The van der Waals surface area contributed by atoms with Gasteiger partial charge in [0, 0.05) is 12.8 Å². The maximum Gasteiger partial charge on any atom is 0.305 e. The van der Waals surface area contributed by atoms with Gasteiger partial charge in [-0.1, -0.05) is 217 Å². The van der Waals surface area contributed by atoms with Crippen LogP contribution in [-0.2, 0) is 14.3 Å². The molecule has 0 aromatic rings. The summed E-state index contributed by atoms with van der Waals surface area (Å²) in [6, 6.07) is -0.637. The molecule has 1 amide bonds. The largest absolute Gasteiger partial charge is 0.466 e. The minimum Gasteiger partial charge on any atom is -0.466 e. The predicted octanol–water partition coefficient (Wildman–Crippen LogP) is 16.1. The van der Waals surface area contributed by atoms with E-state index in [9.17, 15) is 19.8 Å². The van der Waals surface area contributed by atoms with E-state index in [1.165, 1.54) is 186 Å². The highest BCUT2D eigenvalue weighted by Gasteiger charge is 2.18. The van der Waals surface area contributed by atoms with Crippen molar-refractivity contribution in [1.82, 2.24) is 5.32 Å². The quantitative estimate of drug-likeness (QED) is 0.0322. The molecule has 0 aromatic carbocycles. The van der Waals surface area contributed by atoms with E-state index in [1.54, 1.807) is 6.08 Å². The van der Waals surface area contributed by atoms with Crippen molar-refractivity contribution in [3.8, 4) is 0 Å². The topological polar surface area (TPSA) is 95.9 Å². The zero-order valence-electron chi connectivity index (χ0n) is 40.6. The molecular formula is C55H103NO5. The number of nitrogens with one attached hydrogen (secondary N) is 1. The third-order valence-corrected chi connectivity index (χ3v) is 12.1. The molecule has 3 N–H and O–H groups in total. The van der Waals surface area contributed by atoms with Crippen LogP contribution in [0.4, 0.5) is 0 Å². The molecule has 6 heteroatoms. The monoisotopic (exact) mass is 858 g/mol. The van der Waals surface area contributed by atoms with E-state index < -0.39 is 12.1 Å². The summed E-state index contributed by atoms with van der Waals surface area (Å²) in [4.78, 5) is 24.4. The standard InChI is InChI=1S/C55H103NO5/c1-3-5-7-9-11-13-15-16-21-25-29-33-37-41-45-49-55(60)61-50-46-42-38-34-30-26-23-20-18-17-19-22-24-28-32-36-40-44-48-54(59)56-52(51-57)53(58)47-43-39-35-31-27-14-12-10-8-6-4-2/h16,19,21-22,43,47,52-53,57-58H,3-15,17-18,20,23-42,44-46,48-51H2,1-2H3,(H,56,59)/b21-16-,22-19-,47-43+. The van der Waals surface area contributed by atoms with Gasteiger partial charge in [-0.05, 0) is 83.5 Å². The average Bonchev–Trinajstić information content (AvgIpc) is 3.26. The molecule has 2 unspecified atom stereocenters. The zero-order chi connectivity index (χ0) is 44.4. The number of hydrogen-bond donors (Lipinski definition) is 3. The van der Waals surface area contributed by atoms with Crippen molar-refractivity contribution in [2.45, 2.75) is 289 Å². The summed E-state index contributed by atoms with van der Waals surface area (Å²) in [6.07, 6.45) is 61.5. The molecule has 358 valence electrons. The van der Waals surface area contributed by atoms with Crippen LogP contribution in [0.1, 0.15) is 277 Å². The Balaban J connectivity index is 3.46. The lowest BCUT2D eigenvalue weighted by molar-refractivity contribution is -0.143. The van der Waals surface area contributed by atoms with E-state index in [4.69, 9.17) is 4.74 Å².